The number of rotatable bonds is 3. The van der Waals surface area contributed by atoms with Crippen LogP contribution < -0.4 is 4.90 Å². The molecule has 0 aliphatic heterocycles. The Labute approximate surface area is 110 Å². The molecule has 1 nitrogen and oxygen atoms in total. The summed E-state index contributed by atoms with van der Waals surface area (Å²) >= 11 is 0. The molecule has 0 saturated heterocycles. The number of hydrogen-bond acceptors (Lipinski definition) is 1. The van der Waals surface area contributed by atoms with Crippen LogP contribution >= 0.6 is 0 Å². The molecule has 0 atom stereocenters. The molecule has 0 aliphatic rings. The van der Waals surface area contributed by atoms with Crippen molar-refractivity contribution < 1.29 is 0 Å². The van der Waals surface area contributed by atoms with Gasteiger partial charge in [0.05, 0.1) is 0 Å². The van der Waals surface area contributed by atoms with E-state index in [-0.39, 0.29) is 0 Å². The molecule has 94 valence electrons. The lowest BCUT2D eigenvalue weighted by atomic mass is 10.1. The van der Waals surface area contributed by atoms with E-state index >= 15 is 0 Å². The Morgan fingerprint density at radius 1 is 0.778 bits per heavy atom. The molecule has 0 unspecified atom stereocenters. The summed E-state index contributed by atoms with van der Waals surface area (Å²) in [5, 5.41) is 0. The third kappa shape index (κ3) is 2.40. The van der Waals surface area contributed by atoms with Crippen LogP contribution in [0.25, 0.3) is 0 Å². The second-order valence-corrected chi connectivity index (χ2v) is 5.04. The standard InChI is InChI=1S/C17H21N/c1-13(2)18(16-11-6-5-7-12-16)17-14(3)9-8-10-15(17)4/h5-13H,1-4H3. The lowest BCUT2D eigenvalue weighted by Gasteiger charge is -2.32. The number of para-hydroxylation sites is 2. The quantitative estimate of drug-likeness (QED) is 0.740. The van der Waals surface area contributed by atoms with E-state index < -0.39 is 0 Å². The van der Waals surface area contributed by atoms with Crippen LogP contribution in [0.4, 0.5) is 11.4 Å². The molecule has 0 N–H and O–H groups in total. The monoisotopic (exact) mass is 239 g/mol. The lowest BCUT2D eigenvalue weighted by molar-refractivity contribution is 0.784. The fourth-order valence-corrected chi connectivity index (χ4v) is 2.46. The molecule has 0 amide bonds. The zero-order valence-corrected chi connectivity index (χ0v) is 11.6. The van der Waals surface area contributed by atoms with Crippen molar-refractivity contribution >= 4 is 11.4 Å². The van der Waals surface area contributed by atoms with Gasteiger partial charge >= 0.3 is 0 Å². The molecule has 2 aromatic carbocycles. The van der Waals surface area contributed by atoms with Gasteiger partial charge < -0.3 is 4.90 Å². The number of anilines is 2. The highest BCUT2D eigenvalue weighted by molar-refractivity contribution is 5.70. The molecule has 2 aromatic rings. The van der Waals surface area contributed by atoms with Gasteiger partial charge in [0, 0.05) is 17.4 Å². The van der Waals surface area contributed by atoms with Gasteiger partial charge in [-0.15, -0.1) is 0 Å². The zero-order chi connectivity index (χ0) is 13.1. The average molecular weight is 239 g/mol. The molecule has 0 heterocycles. The summed E-state index contributed by atoms with van der Waals surface area (Å²) in [6.45, 7) is 8.83. The van der Waals surface area contributed by atoms with E-state index in [4.69, 9.17) is 0 Å². The molecule has 0 spiro atoms. The highest BCUT2D eigenvalue weighted by atomic mass is 15.2. The van der Waals surface area contributed by atoms with E-state index in [1.165, 1.54) is 22.5 Å². The Morgan fingerprint density at radius 3 is 1.83 bits per heavy atom. The first-order chi connectivity index (χ1) is 8.61. The summed E-state index contributed by atoms with van der Waals surface area (Å²) in [5.41, 5.74) is 5.24. The molecular formula is C17H21N. The van der Waals surface area contributed by atoms with Crippen LogP contribution in [0.1, 0.15) is 25.0 Å². The molecule has 0 saturated carbocycles. The van der Waals surface area contributed by atoms with Crippen molar-refractivity contribution in [3.63, 3.8) is 0 Å². The normalized spacial score (nSPS) is 10.7. The van der Waals surface area contributed by atoms with Crippen molar-refractivity contribution in [2.45, 2.75) is 33.7 Å². The second-order valence-electron chi connectivity index (χ2n) is 5.04. The predicted octanol–water partition coefficient (Wildman–Crippen LogP) is 4.85. The fraction of sp³-hybridized carbons (Fsp3) is 0.294. The largest absolute Gasteiger partial charge is 0.338 e. The SMILES string of the molecule is Cc1cccc(C)c1N(c1ccccc1)C(C)C. The fourth-order valence-electron chi connectivity index (χ4n) is 2.46. The summed E-state index contributed by atoms with van der Waals surface area (Å²) < 4.78 is 0. The second kappa shape index (κ2) is 5.26. The first kappa shape index (κ1) is 12.7. The smallest absolute Gasteiger partial charge is 0.0472 e. The average Bonchev–Trinajstić information content (AvgIpc) is 2.34. The van der Waals surface area contributed by atoms with Crippen molar-refractivity contribution in [3.8, 4) is 0 Å². The van der Waals surface area contributed by atoms with Crippen LogP contribution in [0.15, 0.2) is 48.5 Å². The summed E-state index contributed by atoms with van der Waals surface area (Å²) in [6, 6.07) is 17.5. The van der Waals surface area contributed by atoms with E-state index in [1.807, 2.05) is 0 Å². The minimum Gasteiger partial charge on any atom is -0.338 e. The van der Waals surface area contributed by atoms with E-state index in [1.54, 1.807) is 0 Å². The van der Waals surface area contributed by atoms with E-state index in [9.17, 15) is 0 Å². The maximum Gasteiger partial charge on any atom is 0.0472 e. The van der Waals surface area contributed by atoms with Gasteiger partial charge in [0.1, 0.15) is 0 Å². The van der Waals surface area contributed by atoms with Gasteiger partial charge in [0.25, 0.3) is 0 Å². The molecule has 0 aliphatic carbocycles. The molecule has 18 heavy (non-hydrogen) atoms. The van der Waals surface area contributed by atoms with E-state index in [0.29, 0.717) is 6.04 Å². The Balaban J connectivity index is 2.56. The Hall–Kier alpha value is -1.76. The number of benzene rings is 2. The first-order valence-corrected chi connectivity index (χ1v) is 6.51. The summed E-state index contributed by atoms with van der Waals surface area (Å²) in [4.78, 5) is 2.41. The number of nitrogens with zero attached hydrogens (tertiary/aromatic N) is 1. The highest BCUT2D eigenvalue weighted by Crippen LogP contribution is 2.33. The van der Waals surface area contributed by atoms with Gasteiger partial charge in [-0.05, 0) is 51.0 Å². The highest BCUT2D eigenvalue weighted by Gasteiger charge is 2.16. The van der Waals surface area contributed by atoms with Crippen LogP contribution in [0.2, 0.25) is 0 Å². The third-order valence-electron chi connectivity index (χ3n) is 3.23. The third-order valence-corrected chi connectivity index (χ3v) is 3.23. The van der Waals surface area contributed by atoms with Crippen molar-refractivity contribution in [2.24, 2.45) is 0 Å². The molecular weight excluding hydrogens is 218 g/mol. The maximum atomic E-state index is 2.41. The van der Waals surface area contributed by atoms with Crippen molar-refractivity contribution in [1.82, 2.24) is 0 Å². The summed E-state index contributed by atoms with van der Waals surface area (Å²) in [7, 11) is 0. The minimum atomic E-state index is 0.437. The van der Waals surface area contributed by atoms with Crippen LogP contribution in [0.3, 0.4) is 0 Å². The topological polar surface area (TPSA) is 3.24 Å². The van der Waals surface area contributed by atoms with Crippen LogP contribution in [-0.2, 0) is 0 Å². The van der Waals surface area contributed by atoms with Gasteiger partial charge in [-0.2, -0.15) is 0 Å². The van der Waals surface area contributed by atoms with Crippen LogP contribution in [-0.4, -0.2) is 6.04 Å². The van der Waals surface area contributed by atoms with E-state index in [0.717, 1.165) is 0 Å². The van der Waals surface area contributed by atoms with Crippen LogP contribution in [0.5, 0.6) is 0 Å². The molecule has 2 rings (SSSR count). The number of hydrogen-bond donors (Lipinski definition) is 0. The minimum absolute atomic E-state index is 0.437. The molecule has 0 bridgehead atoms. The molecule has 0 radical (unpaired) electrons. The van der Waals surface area contributed by atoms with Crippen molar-refractivity contribution in [2.75, 3.05) is 4.90 Å². The van der Waals surface area contributed by atoms with E-state index in [2.05, 4.69) is 81.1 Å². The molecule has 0 fully saturated rings. The Bertz CT molecular complexity index is 494. The first-order valence-electron chi connectivity index (χ1n) is 6.51. The van der Waals surface area contributed by atoms with Gasteiger partial charge in [0.15, 0.2) is 0 Å². The van der Waals surface area contributed by atoms with Gasteiger partial charge in [-0.1, -0.05) is 36.4 Å². The Kier molecular flexibility index (Phi) is 3.71. The predicted molar refractivity (Wildman–Crippen MR) is 79.6 cm³/mol. The summed E-state index contributed by atoms with van der Waals surface area (Å²) in [5.74, 6) is 0. The van der Waals surface area contributed by atoms with Crippen LogP contribution in [0, 0.1) is 13.8 Å². The van der Waals surface area contributed by atoms with Crippen molar-refractivity contribution in [3.05, 3.63) is 59.7 Å². The zero-order valence-electron chi connectivity index (χ0n) is 11.6. The summed E-state index contributed by atoms with van der Waals surface area (Å²) in [6.07, 6.45) is 0. The molecule has 1 heteroatoms. The Morgan fingerprint density at radius 2 is 1.33 bits per heavy atom. The molecule has 0 aromatic heterocycles. The van der Waals surface area contributed by atoms with Gasteiger partial charge in [-0.3, -0.25) is 0 Å². The van der Waals surface area contributed by atoms with Gasteiger partial charge in [0.2, 0.25) is 0 Å². The van der Waals surface area contributed by atoms with Gasteiger partial charge in [-0.25, -0.2) is 0 Å². The maximum absolute atomic E-state index is 2.41. The number of aryl methyl sites for hydroxylation is 2. The lowest BCUT2D eigenvalue weighted by Crippen LogP contribution is -2.26. The van der Waals surface area contributed by atoms with Crippen molar-refractivity contribution in [1.29, 1.82) is 0 Å².